The van der Waals surface area contributed by atoms with Gasteiger partial charge >= 0.3 is 0 Å². The Morgan fingerprint density at radius 3 is 2.71 bits per heavy atom. The Bertz CT molecular complexity index is 619. The minimum Gasteiger partial charge on any atom is -0.316 e. The van der Waals surface area contributed by atoms with E-state index in [1.165, 1.54) is 16.0 Å². The molecule has 1 N–H and O–H groups in total. The highest BCUT2D eigenvalue weighted by molar-refractivity contribution is 8.00. The summed E-state index contributed by atoms with van der Waals surface area (Å²) in [7, 11) is 2.03. The van der Waals surface area contributed by atoms with Crippen molar-refractivity contribution in [1.82, 2.24) is 5.32 Å². The number of likely N-dealkylation sites (N-methyl/N-ethyl adjacent to an activating group) is 1. The molecule has 0 saturated heterocycles. The second-order valence-corrected chi connectivity index (χ2v) is 7.41. The van der Waals surface area contributed by atoms with Crippen LogP contribution in [0.4, 0.5) is 0 Å². The minimum atomic E-state index is 0.416. The summed E-state index contributed by atoms with van der Waals surface area (Å²) < 4.78 is 0. The van der Waals surface area contributed by atoms with Crippen LogP contribution >= 0.6 is 35.0 Å². The lowest BCUT2D eigenvalue weighted by Gasteiger charge is -2.22. The molecule has 0 amide bonds. The minimum absolute atomic E-state index is 0.416. The third-order valence-corrected chi connectivity index (χ3v) is 6.12. The van der Waals surface area contributed by atoms with Crippen molar-refractivity contribution >= 4 is 35.0 Å². The zero-order chi connectivity index (χ0) is 14.8. The lowest BCUT2D eigenvalue weighted by Crippen LogP contribution is -2.37. The molecule has 0 aromatic heterocycles. The summed E-state index contributed by atoms with van der Waals surface area (Å²) in [6, 6.07) is 15.0. The number of fused-ring (bicyclic) bond motifs is 1. The largest absolute Gasteiger partial charge is 0.316 e. The van der Waals surface area contributed by atoms with Gasteiger partial charge in [0.2, 0.25) is 0 Å². The van der Waals surface area contributed by atoms with Gasteiger partial charge in [0, 0.05) is 16.2 Å². The molecule has 0 fully saturated rings. The van der Waals surface area contributed by atoms with Crippen LogP contribution in [0.25, 0.3) is 0 Å². The van der Waals surface area contributed by atoms with Crippen LogP contribution in [0.15, 0.2) is 47.4 Å². The molecular weight excluding hydrogens is 321 g/mol. The monoisotopic (exact) mass is 337 g/mol. The van der Waals surface area contributed by atoms with E-state index >= 15 is 0 Å². The number of thioether (sulfide) groups is 1. The molecule has 4 heteroatoms. The highest BCUT2D eigenvalue weighted by Crippen LogP contribution is 2.39. The van der Waals surface area contributed by atoms with E-state index in [1.807, 2.05) is 30.9 Å². The standard InChI is InChI=1S/C17H17Cl2NS/c1-20-15(9-11-6-7-13(18)14(19)8-11)17-10-12-4-2-3-5-16(12)21-17/h2-8,15,17,20H,9-10H2,1H3. The maximum atomic E-state index is 6.12. The van der Waals surface area contributed by atoms with E-state index in [4.69, 9.17) is 23.2 Å². The number of benzene rings is 2. The fourth-order valence-electron chi connectivity index (χ4n) is 2.77. The van der Waals surface area contributed by atoms with E-state index in [0.717, 1.165) is 12.8 Å². The molecular formula is C17H17Cl2NS. The molecule has 1 nitrogen and oxygen atoms in total. The van der Waals surface area contributed by atoms with E-state index in [2.05, 4.69) is 35.6 Å². The summed E-state index contributed by atoms with van der Waals surface area (Å²) in [6.07, 6.45) is 2.08. The molecule has 2 aromatic rings. The first-order valence-electron chi connectivity index (χ1n) is 7.03. The normalized spacial score (nSPS) is 18.5. The van der Waals surface area contributed by atoms with Gasteiger partial charge in [-0.05, 0) is 49.2 Å². The van der Waals surface area contributed by atoms with Crippen LogP contribution in [0.1, 0.15) is 11.1 Å². The smallest absolute Gasteiger partial charge is 0.0595 e. The van der Waals surface area contributed by atoms with Gasteiger partial charge < -0.3 is 5.32 Å². The highest BCUT2D eigenvalue weighted by atomic mass is 35.5. The van der Waals surface area contributed by atoms with E-state index in [-0.39, 0.29) is 0 Å². The van der Waals surface area contributed by atoms with Gasteiger partial charge in [-0.1, -0.05) is 47.5 Å². The molecule has 1 aliphatic rings. The second kappa shape index (κ2) is 6.62. The molecule has 1 aliphatic heterocycles. The number of hydrogen-bond donors (Lipinski definition) is 1. The van der Waals surface area contributed by atoms with Gasteiger partial charge in [-0.25, -0.2) is 0 Å². The van der Waals surface area contributed by atoms with E-state index in [1.54, 1.807) is 0 Å². The first-order valence-corrected chi connectivity index (χ1v) is 8.66. The summed E-state index contributed by atoms with van der Waals surface area (Å²) in [5.41, 5.74) is 2.68. The van der Waals surface area contributed by atoms with Gasteiger partial charge in [0.1, 0.15) is 0 Å². The molecule has 0 aliphatic carbocycles. The van der Waals surface area contributed by atoms with Crippen LogP contribution < -0.4 is 5.32 Å². The summed E-state index contributed by atoms with van der Waals surface area (Å²) >= 11 is 14.1. The molecule has 2 unspecified atom stereocenters. The molecule has 0 saturated carbocycles. The predicted molar refractivity (Wildman–Crippen MR) is 92.8 cm³/mol. The lowest BCUT2D eigenvalue weighted by atomic mass is 9.99. The summed E-state index contributed by atoms with van der Waals surface area (Å²) in [5.74, 6) is 0. The quantitative estimate of drug-likeness (QED) is 0.856. The van der Waals surface area contributed by atoms with Crippen LogP contribution in [-0.4, -0.2) is 18.3 Å². The molecule has 21 heavy (non-hydrogen) atoms. The zero-order valence-electron chi connectivity index (χ0n) is 11.8. The summed E-state index contributed by atoms with van der Waals surface area (Å²) in [4.78, 5) is 1.41. The topological polar surface area (TPSA) is 12.0 Å². The van der Waals surface area contributed by atoms with E-state index < -0.39 is 0 Å². The van der Waals surface area contributed by atoms with Crippen molar-refractivity contribution in [2.24, 2.45) is 0 Å². The van der Waals surface area contributed by atoms with Gasteiger partial charge in [-0.3, -0.25) is 0 Å². The number of nitrogens with one attached hydrogen (secondary N) is 1. The Balaban J connectivity index is 1.73. The zero-order valence-corrected chi connectivity index (χ0v) is 14.1. The van der Waals surface area contributed by atoms with Crippen molar-refractivity contribution in [1.29, 1.82) is 0 Å². The SMILES string of the molecule is CNC(Cc1ccc(Cl)c(Cl)c1)C1Cc2ccccc2S1. The fraction of sp³-hybridized carbons (Fsp3) is 0.294. The molecule has 0 spiro atoms. The molecule has 2 atom stereocenters. The Labute approximate surface area is 140 Å². The molecule has 0 bridgehead atoms. The van der Waals surface area contributed by atoms with Gasteiger partial charge in [0.05, 0.1) is 10.0 Å². The van der Waals surface area contributed by atoms with Crippen molar-refractivity contribution in [2.75, 3.05) is 7.05 Å². The van der Waals surface area contributed by atoms with Gasteiger partial charge in [-0.15, -0.1) is 11.8 Å². The van der Waals surface area contributed by atoms with Crippen molar-refractivity contribution in [3.05, 3.63) is 63.6 Å². The third-order valence-electron chi connectivity index (χ3n) is 3.93. The lowest BCUT2D eigenvalue weighted by molar-refractivity contribution is 0.537. The third kappa shape index (κ3) is 3.40. The maximum Gasteiger partial charge on any atom is 0.0595 e. The predicted octanol–water partition coefficient (Wildman–Crippen LogP) is 4.84. The average Bonchev–Trinajstić information content (AvgIpc) is 2.92. The van der Waals surface area contributed by atoms with Crippen LogP contribution in [0, 0.1) is 0 Å². The van der Waals surface area contributed by atoms with Gasteiger partial charge in [0.15, 0.2) is 0 Å². The maximum absolute atomic E-state index is 6.12. The van der Waals surface area contributed by atoms with E-state index in [0.29, 0.717) is 21.3 Å². The Morgan fingerprint density at radius 2 is 2.00 bits per heavy atom. The van der Waals surface area contributed by atoms with Crippen LogP contribution in [0.5, 0.6) is 0 Å². The summed E-state index contributed by atoms with van der Waals surface area (Å²) in [6.45, 7) is 0. The molecule has 0 radical (unpaired) electrons. The van der Waals surface area contributed by atoms with Gasteiger partial charge in [0.25, 0.3) is 0 Å². The molecule has 3 rings (SSSR count). The van der Waals surface area contributed by atoms with Crippen molar-refractivity contribution < 1.29 is 0 Å². The van der Waals surface area contributed by atoms with E-state index in [9.17, 15) is 0 Å². The Morgan fingerprint density at radius 1 is 1.19 bits per heavy atom. The number of halogens is 2. The fourth-order valence-corrected chi connectivity index (χ4v) is 4.54. The second-order valence-electron chi connectivity index (χ2n) is 5.32. The molecule has 2 aromatic carbocycles. The molecule has 110 valence electrons. The first kappa shape index (κ1) is 15.2. The Hall–Kier alpha value is -0.670. The highest BCUT2D eigenvalue weighted by Gasteiger charge is 2.28. The molecule has 1 heterocycles. The van der Waals surface area contributed by atoms with Crippen molar-refractivity contribution in [3.8, 4) is 0 Å². The number of hydrogen-bond acceptors (Lipinski definition) is 2. The van der Waals surface area contributed by atoms with Crippen molar-refractivity contribution in [2.45, 2.75) is 29.0 Å². The van der Waals surface area contributed by atoms with Crippen LogP contribution in [0.3, 0.4) is 0 Å². The first-order chi connectivity index (χ1) is 10.2. The van der Waals surface area contributed by atoms with Crippen LogP contribution in [0.2, 0.25) is 10.0 Å². The number of rotatable bonds is 4. The van der Waals surface area contributed by atoms with Crippen molar-refractivity contribution in [3.63, 3.8) is 0 Å². The van der Waals surface area contributed by atoms with Gasteiger partial charge in [-0.2, -0.15) is 0 Å². The Kier molecular flexibility index (Phi) is 4.80. The average molecular weight is 338 g/mol. The van der Waals surface area contributed by atoms with Crippen LogP contribution in [-0.2, 0) is 12.8 Å². The summed E-state index contributed by atoms with van der Waals surface area (Å²) in [5, 5.41) is 5.27.